The number of hydrogen-bond donors (Lipinski definition) is 3. The maximum Gasteiger partial charge on any atom is 0.285 e. The zero-order chi connectivity index (χ0) is 23.7. The van der Waals surface area contributed by atoms with E-state index < -0.39 is 10.0 Å². The summed E-state index contributed by atoms with van der Waals surface area (Å²) in [6.45, 7) is 5.36. The van der Waals surface area contributed by atoms with Gasteiger partial charge in [0.05, 0.1) is 11.5 Å². The van der Waals surface area contributed by atoms with Crippen molar-refractivity contribution in [3.8, 4) is 5.75 Å². The van der Waals surface area contributed by atoms with Crippen molar-refractivity contribution in [2.24, 2.45) is 20.9 Å². The van der Waals surface area contributed by atoms with Gasteiger partial charge in [0.15, 0.2) is 5.96 Å². The fourth-order valence-electron chi connectivity index (χ4n) is 3.10. The van der Waals surface area contributed by atoms with Gasteiger partial charge in [-0.2, -0.15) is 8.42 Å². The highest BCUT2D eigenvalue weighted by molar-refractivity contribution is 7.90. The van der Waals surface area contributed by atoms with Gasteiger partial charge in [-0.15, -0.1) is 4.40 Å². The lowest BCUT2D eigenvalue weighted by Gasteiger charge is -2.07. The highest BCUT2D eigenvalue weighted by atomic mass is 32.2. The summed E-state index contributed by atoms with van der Waals surface area (Å²) >= 11 is 0. The summed E-state index contributed by atoms with van der Waals surface area (Å²) in [5, 5.41) is 2.53. The van der Waals surface area contributed by atoms with Gasteiger partial charge in [0.25, 0.3) is 10.0 Å². The molecule has 0 saturated heterocycles. The predicted molar refractivity (Wildman–Crippen MR) is 133 cm³/mol. The number of unbranched alkanes of at least 4 members (excludes halogenated alkanes) is 9. The van der Waals surface area contributed by atoms with Crippen molar-refractivity contribution in [3.63, 3.8) is 0 Å². The summed E-state index contributed by atoms with van der Waals surface area (Å²) in [6.07, 6.45) is 13.3. The molecular formula is C23H41N5O3S. The largest absolute Gasteiger partial charge is 0.494 e. The van der Waals surface area contributed by atoms with Crippen LogP contribution in [-0.2, 0) is 10.0 Å². The molecule has 0 aliphatic rings. The molecule has 0 aliphatic carbocycles. The second kappa shape index (κ2) is 16.4. The predicted octanol–water partition coefficient (Wildman–Crippen LogP) is 4.30. The Balaban J connectivity index is 2.34. The van der Waals surface area contributed by atoms with Crippen LogP contribution in [0.5, 0.6) is 5.75 Å². The first-order chi connectivity index (χ1) is 15.4. The van der Waals surface area contributed by atoms with E-state index in [2.05, 4.69) is 21.6 Å². The maximum absolute atomic E-state index is 12.4. The average molecular weight is 468 g/mol. The van der Waals surface area contributed by atoms with Gasteiger partial charge in [-0.25, -0.2) is 0 Å². The zero-order valence-electron chi connectivity index (χ0n) is 19.7. The van der Waals surface area contributed by atoms with Gasteiger partial charge in [-0.3, -0.25) is 10.3 Å². The maximum atomic E-state index is 12.4. The van der Waals surface area contributed by atoms with Crippen LogP contribution in [0.1, 0.15) is 84.5 Å². The highest BCUT2D eigenvalue weighted by Gasteiger charge is 2.14. The summed E-state index contributed by atoms with van der Waals surface area (Å²) in [5.74, 6) is 0.338. The number of rotatable bonds is 16. The molecule has 32 heavy (non-hydrogen) atoms. The molecule has 9 heteroatoms. The molecular weight excluding hydrogens is 426 g/mol. The number of nitrogens with two attached hydrogens (primary N) is 2. The summed E-state index contributed by atoms with van der Waals surface area (Å²) in [4.78, 5) is 4.21. The SMILES string of the molecule is CCCCCCCCCCCCN=C(N)NC(N)=NS(=O)(=O)c1ccc(OCCC)cc1. The minimum Gasteiger partial charge on any atom is -0.494 e. The summed E-state index contributed by atoms with van der Waals surface area (Å²) < 4.78 is 33.8. The van der Waals surface area contributed by atoms with Crippen molar-refractivity contribution < 1.29 is 13.2 Å². The van der Waals surface area contributed by atoms with Gasteiger partial charge in [-0.05, 0) is 37.1 Å². The van der Waals surface area contributed by atoms with Crippen LogP contribution >= 0.6 is 0 Å². The second-order valence-corrected chi connectivity index (χ2v) is 9.45. The number of nitrogens with one attached hydrogen (secondary N) is 1. The molecule has 0 bridgehead atoms. The van der Waals surface area contributed by atoms with Gasteiger partial charge < -0.3 is 16.2 Å². The number of guanidine groups is 2. The molecule has 0 fully saturated rings. The highest BCUT2D eigenvalue weighted by Crippen LogP contribution is 2.18. The molecule has 1 rings (SSSR count). The van der Waals surface area contributed by atoms with E-state index >= 15 is 0 Å². The van der Waals surface area contributed by atoms with E-state index in [1.165, 1.54) is 63.5 Å². The number of sulfonamides is 1. The Labute approximate surface area is 194 Å². The van der Waals surface area contributed by atoms with Crippen LogP contribution in [0, 0.1) is 0 Å². The molecule has 5 N–H and O–H groups in total. The van der Waals surface area contributed by atoms with Crippen LogP contribution in [0.25, 0.3) is 0 Å². The van der Waals surface area contributed by atoms with Gasteiger partial charge in [-0.1, -0.05) is 71.6 Å². The molecule has 0 amide bonds. The molecule has 0 heterocycles. The molecule has 1 aromatic rings. The lowest BCUT2D eigenvalue weighted by Crippen LogP contribution is -2.42. The van der Waals surface area contributed by atoms with E-state index in [0.717, 1.165) is 19.3 Å². The van der Waals surface area contributed by atoms with E-state index in [9.17, 15) is 8.42 Å². The number of hydrogen-bond acceptors (Lipinski definition) is 4. The molecule has 1 aromatic carbocycles. The monoisotopic (exact) mass is 467 g/mol. The molecule has 0 radical (unpaired) electrons. The minimum atomic E-state index is -3.95. The molecule has 0 aliphatic heterocycles. The Morgan fingerprint density at radius 3 is 1.97 bits per heavy atom. The lowest BCUT2D eigenvalue weighted by molar-refractivity contribution is 0.317. The Morgan fingerprint density at radius 2 is 1.41 bits per heavy atom. The van der Waals surface area contributed by atoms with Crippen LogP contribution in [0.15, 0.2) is 38.6 Å². The Kier molecular flexibility index (Phi) is 14.2. The van der Waals surface area contributed by atoms with Gasteiger partial charge >= 0.3 is 0 Å². The second-order valence-electron chi connectivity index (χ2n) is 7.85. The van der Waals surface area contributed by atoms with Gasteiger partial charge in [0.1, 0.15) is 5.75 Å². The van der Waals surface area contributed by atoms with Crippen LogP contribution < -0.4 is 21.5 Å². The smallest absolute Gasteiger partial charge is 0.285 e. The first-order valence-corrected chi connectivity index (χ1v) is 13.2. The molecule has 0 atom stereocenters. The molecule has 8 nitrogen and oxygen atoms in total. The third-order valence-corrected chi connectivity index (χ3v) is 6.17. The quantitative estimate of drug-likeness (QED) is 0.189. The molecule has 0 saturated carbocycles. The molecule has 0 aromatic heterocycles. The van der Waals surface area contributed by atoms with E-state index in [1.54, 1.807) is 12.1 Å². The zero-order valence-corrected chi connectivity index (χ0v) is 20.5. The normalized spacial score (nSPS) is 12.7. The van der Waals surface area contributed by atoms with Crippen LogP contribution in [0.4, 0.5) is 0 Å². The van der Waals surface area contributed by atoms with E-state index in [-0.39, 0.29) is 16.8 Å². The van der Waals surface area contributed by atoms with Crippen molar-refractivity contribution in [1.29, 1.82) is 0 Å². The third kappa shape index (κ3) is 12.5. The van der Waals surface area contributed by atoms with Crippen LogP contribution in [0.2, 0.25) is 0 Å². The number of nitrogens with zero attached hydrogens (tertiary/aromatic N) is 2. The van der Waals surface area contributed by atoms with Gasteiger partial charge in [0, 0.05) is 6.54 Å². The Morgan fingerprint density at radius 1 is 0.844 bits per heavy atom. The molecule has 0 spiro atoms. The molecule has 182 valence electrons. The number of ether oxygens (including phenoxy) is 1. The summed E-state index contributed by atoms with van der Waals surface area (Å²) in [7, 11) is -3.95. The summed E-state index contributed by atoms with van der Waals surface area (Å²) in [6, 6.07) is 6.04. The van der Waals surface area contributed by atoms with Crippen LogP contribution in [-0.4, -0.2) is 33.5 Å². The van der Waals surface area contributed by atoms with Crippen molar-refractivity contribution in [2.45, 2.75) is 89.4 Å². The standard InChI is InChI=1S/C23H41N5O3S/c1-3-5-6-7-8-9-10-11-12-13-18-26-22(24)27-23(25)28-32(29,30)21-16-14-20(15-17-21)31-19-4-2/h14-17H,3-13,18-19H2,1-2H3,(H5,24,25,26,27,28). The fraction of sp³-hybridized carbons (Fsp3) is 0.652. The minimum absolute atomic E-state index is 0.0203. The van der Waals surface area contributed by atoms with Crippen molar-refractivity contribution in [1.82, 2.24) is 5.32 Å². The van der Waals surface area contributed by atoms with Crippen molar-refractivity contribution in [2.75, 3.05) is 13.2 Å². The fourth-order valence-corrected chi connectivity index (χ4v) is 3.99. The van der Waals surface area contributed by atoms with E-state index in [1.807, 2.05) is 6.92 Å². The van der Waals surface area contributed by atoms with Gasteiger partial charge in [0.2, 0.25) is 5.96 Å². The third-order valence-electron chi connectivity index (χ3n) is 4.86. The van der Waals surface area contributed by atoms with Crippen molar-refractivity contribution >= 4 is 21.9 Å². The van der Waals surface area contributed by atoms with Crippen molar-refractivity contribution in [3.05, 3.63) is 24.3 Å². The Hall–Kier alpha value is -2.29. The first kappa shape index (κ1) is 27.7. The van der Waals surface area contributed by atoms with E-state index in [0.29, 0.717) is 18.9 Å². The number of aliphatic imine (C=N–C) groups is 1. The van der Waals surface area contributed by atoms with Crippen LogP contribution in [0.3, 0.4) is 0 Å². The topological polar surface area (TPSA) is 132 Å². The van der Waals surface area contributed by atoms with E-state index in [4.69, 9.17) is 16.2 Å². The summed E-state index contributed by atoms with van der Waals surface area (Å²) in [5.41, 5.74) is 11.5. The lowest BCUT2D eigenvalue weighted by atomic mass is 10.1. The first-order valence-electron chi connectivity index (χ1n) is 11.8. The average Bonchev–Trinajstić information content (AvgIpc) is 2.75. The number of benzene rings is 1. The Bertz CT molecular complexity index is 792. The molecule has 0 unspecified atom stereocenters.